The van der Waals surface area contributed by atoms with E-state index in [2.05, 4.69) is 10.3 Å². The van der Waals surface area contributed by atoms with Gasteiger partial charge in [0, 0.05) is 60.3 Å². The number of aliphatic hydroxyl groups is 1. The molecule has 0 saturated carbocycles. The second kappa shape index (κ2) is 7.87. The summed E-state index contributed by atoms with van der Waals surface area (Å²) in [5.74, 6) is 0.744. The molecule has 5 rings (SSSR count). The molecule has 0 aliphatic carbocycles. The third-order valence-electron chi connectivity index (χ3n) is 5.78. The first kappa shape index (κ1) is 19.3. The van der Waals surface area contributed by atoms with Crippen molar-refractivity contribution in [3.8, 4) is 16.9 Å². The highest BCUT2D eigenvalue weighted by Gasteiger charge is 2.35. The van der Waals surface area contributed by atoms with Crippen LogP contribution in [0.15, 0.2) is 42.6 Å². The number of carbonyl (C=O) groups is 1. The highest BCUT2D eigenvalue weighted by atomic mass is 35.5. The van der Waals surface area contributed by atoms with E-state index in [0.29, 0.717) is 30.3 Å². The predicted molar refractivity (Wildman–Crippen MR) is 116 cm³/mol. The number of aromatic nitrogens is 1. The molecule has 1 atom stereocenters. The molecule has 30 heavy (non-hydrogen) atoms. The molecule has 2 aliphatic rings. The lowest BCUT2D eigenvalue weighted by Gasteiger charge is -2.29. The van der Waals surface area contributed by atoms with E-state index in [9.17, 15) is 9.90 Å². The van der Waals surface area contributed by atoms with Crippen molar-refractivity contribution in [2.24, 2.45) is 0 Å². The molecule has 0 bridgehead atoms. The summed E-state index contributed by atoms with van der Waals surface area (Å²) >= 11 is 6.45. The molecule has 0 radical (unpaired) electrons. The first-order chi connectivity index (χ1) is 14.6. The Balaban J connectivity index is 1.54. The minimum Gasteiger partial charge on any atom is -0.479 e. The molecular formula is C23H22ClN3O3. The Hall–Kier alpha value is -2.67. The standard InChI is InChI=1S/C23H22ClN3O3/c24-16-10-15-11-21(23(29)27-7-5-25-6-8-27)30-22(15)19(12-16)17-3-4-26-20-9-14(13-28)1-2-18(17)20/h1-4,9-10,12,21,25,28H,5-8,11,13H2/t21-/m1/s1. The lowest BCUT2D eigenvalue weighted by atomic mass is 9.97. The van der Waals surface area contributed by atoms with Gasteiger partial charge in [-0.25, -0.2) is 0 Å². The average Bonchev–Trinajstić information content (AvgIpc) is 3.21. The van der Waals surface area contributed by atoms with Crippen LogP contribution >= 0.6 is 11.6 Å². The SMILES string of the molecule is O=C([C@H]1Cc2cc(Cl)cc(-c3ccnc4cc(CO)ccc34)c2O1)N1CCNCC1. The molecule has 3 aromatic rings. The molecule has 0 unspecified atom stereocenters. The lowest BCUT2D eigenvalue weighted by Crippen LogP contribution is -2.50. The number of carbonyl (C=O) groups excluding carboxylic acids is 1. The number of ether oxygens (including phenoxy) is 1. The maximum atomic E-state index is 13.0. The van der Waals surface area contributed by atoms with Crippen molar-refractivity contribution in [3.05, 3.63) is 58.7 Å². The molecule has 1 saturated heterocycles. The number of pyridine rings is 1. The van der Waals surface area contributed by atoms with Crippen LogP contribution in [0, 0.1) is 0 Å². The number of piperazine rings is 1. The number of amides is 1. The van der Waals surface area contributed by atoms with Crippen molar-refractivity contribution in [1.29, 1.82) is 0 Å². The number of nitrogens with zero attached hydrogens (tertiary/aromatic N) is 2. The number of fused-ring (bicyclic) bond motifs is 2. The van der Waals surface area contributed by atoms with Crippen molar-refractivity contribution >= 4 is 28.4 Å². The first-order valence-corrected chi connectivity index (χ1v) is 10.5. The Labute approximate surface area is 179 Å². The third kappa shape index (κ3) is 3.41. The van der Waals surface area contributed by atoms with Gasteiger partial charge in [0.2, 0.25) is 0 Å². The highest BCUT2D eigenvalue weighted by Crippen LogP contribution is 2.43. The summed E-state index contributed by atoms with van der Waals surface area (Å²) in [7, 11) is 0. The Kier molecular flexibility index (Phi) is 5.06. The average molecular weight is 424 g/mol. The van der Waals surface area contributed by atoms with Crippen LogP contribution in [0.2, 0.25) is 5.02 Å². The second-order valence-corrected chi connectivity index (χ2v) is 8.13. The Morgan fingerprint density at radius 1 is 1.20 bits per heavy atom. The number of aliphatic hydroxyl groups excluding tert-OH is 1. The molecule has 1 fully saturated rings. The Morgan fingerprint density at radius 2 is 2.03 bits per heavy atom. The van der Waals surface area contributed by atoms with Gasteiger partial charge < -0.3 is 20.1 Å². The van der Waals surface area contributed by atoms with Crippen LogP contribution < -0.4 is 10.1 Å². The van der Waals surface area contributed by atoms with Crippen LogP contribution in [0.1, 0.15) is 11.1 Å². The van der Waals surface area contributed by atoms with Crippen LogP contribution in [0.3, 0.4) is 0 Å². The molecule has 3 heterocycles. The van der Waals surface area contributed by atoms with E-state index >= 15 is 0 Å². The van der Waals surface area contributed by atoms with Crippen molar-refractivity contribution in [2.45, 2.75) is 19.1 Å². The first-order valence-electron chi connectivity index (χ1n) is 10.1. The minimum absolute atomic E-state index is 0.0296. The number of nitrogens with one attached hydrogen (secondary N) is 1. The Morgan fingerprint density at radius 3 is 2.83 bits per heavy atom. The van der Waals surface area contributed by atoms with Crippen molar-refractivity contribution in [2.75, 3.05) is 26.2 Å². The van der Waals surface area contributed by atoms with E-state index in [1.54, 1.807) is 6.20 Å². The quantitative estimate of drug-likeness (QED) is 0.677. The minimum atomic E-state index is -0.524. The summed E-state index contributed by atoms with van der Waals surface area (Å²) in [6, 6.07) is 11.4. The summed E-state index contributed by atoms with van der Waals surface area (Å²) in [6.45, 7) is 2.98. The van der Waals surface area contributed by atoms with Gasteiger partial charge in [-0.15, -0.1) is 0 Å². The molecule has 1 aromatic heterocycles. The third-order valence-corrected chi connectivity index (χ3v) is 6.00. The zero-order valence-corrected chi connectivity index (χ0v) is 17.2. The Bertz CT molecular complexity index is 1130. The smallest absolute Gasteiger partial charge is 0.264 e. The van der Waals surface area contributed by atoms with E-state index in [4.69, 9.17) is 16.3 Å². The molecule has 2 N–H and O–H groups in total. The number of halogens is 1. The fourth-order valence-corrected chi connectivity index (χ4v) is 4.52. The predicted octanol–water partition coefficient (Wildman–Crippen LogP) is 2.78. The van der Waals surface area contributed by atoms with Crippen LogP contribution in [0.25, 0.3) is 22.0 Å². The van der Waals surface area contributed by atoms with Crippen molar-refractivity contribution < 1.29 is 14.6 Å². The van der Waals surface area contributed by atoms with E-state index in [-0.39, 0.29) is 12.5 Å². The molecule has 154 valence electrons. The number of rotatable bonds is 3. The maximum absolute atomic E-state index is 13.0. The second-order valence-electron chi connectivity index (χ2n) is 7.70. The zero-order valence-electron chi connectivity index (χ0n) is 16.4. The van der Waals surface area contributed by atoms with Crippen LogP contribution in [-0.2, 0) is 17.8 Å². The molecule has 0 spiro atoms. The molecule has 2 aliphatic heterocycles. The normalized spacial score (nSPS) is 18.3. The zero-order chi connectivity index (χ0) is 20.7. The van der Waals surface area contributed by atoms with Gasteiger partial charge in [-0.3, -0.25) is 9.78 Å². The van der Waals surface area contributed by atoms with Gasteiger partial charge in [0.1, 0.15) is 5.75 Å². The van der Waals surface area contributed by atoms with Gasteiger partial charge >= 0.3 is 0 Å². The van der Waals surface area contributed by atoms with Crippen LogP contribution in [0.4, 0.5) is 0 Å². The van der Waals surface area contributed by atoms with E-state index in [0.717, 1.165) is 46.2 Å². The monoisotopic (exact) mass is 423 g/mol. The summed E-state index contributed by atoms with van der Waals surface area (Å²) in [4.78, 5) is 19.3. The van der Waals surface area contributed by atoms with Gasteiger partial charge in [-0.05, 0) is 35.4 Å². The largest absolute Gasteiger partial charge is 0.479 e. The number of hydrogen-bond donors (Lipinski definition) is 2. The fourth-order valence-electron chi connectivity index (χ4n) is 4.28. The van der Waals surface area contributed by atoms with E-state index < -0.39 is 6.10 Å². The van der Waals surface area contributed by atoms with Gasteiger partial charge in [0.25, 0.3) is 5.91 Å². The molecule has 6 nitrogen and oxygen atoms in total. The summed E-state index contributed by atoms with van der Waals surface area (Å²) in [6.07, 6.45) is 1.73. The van der Waals surface area contributed by atoms with Crippen LogP contribution in [-0.4, -0.2) is 53.2 Å². The van der Waals surface area contributed by atoms with Gasteiger partial charge in [-0.2, -0.15) is 0 Å². The fraction of sp³-hybridized carbons (Fsp3) is 0.304. The molecule has 2 aromatic carbocycles. The summed E-state index contributed by atoms with van der Waals surface area (Å²) in [5.41, 5.74) is 4.35. The summed E-state index contributed by atoms with van der Waals surface area (Å²) < 4.78 is 6.23. The van der Waals surface area contributed by atoms with E-state index in [1.807, 2.05) is 41.3 Å². The van der Waals surface area contributed by atoms with E-state index in [1.165, 1.54) is 0 Å². The lowest BCUT2D eigenvalue weighted by molar-refractivity contribution is -0.138. The van der Waals surface area contributed by atoms with Gasteiger partial charge in [0.15, 0.2) is 6.10 Å². The van der Waals surface area contributed by atoms with Gasteiger partial charge in [0.05, 0.1) is 12.1 Å². The van der Waals surface area contributed by atoms with Crippen molar-refractivity contribution in [3.63, 3.8) is 0 Å². The molecule has 1 amide bonds. The number of benzene rings is 2. The van der Waals surface area contributed by atoms with Crippen molar-refractivity contribution in [1.82, 2.24) is 15.2 Å². The number of hydrogen-bond acceptors (Lipinski definition) is 5. The van der Waals surface area contributed by atoms with Gasteiger partial charge in [-0.1, -0.05) is 23.7 Å². The topological polar surface area (TPSA) is 74.7 Å². The molecule has 7 heteroatoms. The maximum Gasteiger partial charge on any atom is 0.264 e. The van der Waals surface area contributed by atoms with Crippen LogP contribution in [0.5, 0.6) is 5.75 Å². The summed E-state index contributed by atoms with van der Waals surface area (Å²) in [5, 5.41) is 14.3. The highest BCUT2D eigenvalue weighted by molar-refractivity contribution is 6.31. The molecular weight excluding hydrogens is 402 g/mol.